The summed E-state index contributed by atoms with van der Waals surface area (Å²) < 4.78 is 5.73. The SMILES string of the molecule is N#Cc1ccc(N2C(=S)C3(CCCCC3)C(N3CCOCC3)C2=NC2CCCCC2)cc1. The van der Waals surface area contributed by atoms with Crippen molar-refractivity contribution in [3.63, 3.8) is 0 Å². The number of rotatable bonds is 3. The van der Waals surface area contributed by atoms with Crippen molar-refractivity contribution in [3.8, 4) is 6.07 Å². The minimum absolute atomic E-state index is 0.0215. The zero-order chi connectivity index (χ0) is 22.0. The van der Waals surface area contributed by atoms with Gasteiger partial charge in [-0.3, -0.25) is 14.8 Å². The molecule has 0 radical (unpaired) electrons. The van der Waals surface area contributed by atoms with Crippen molar-refractivity contribution in [1.82, 2.24) is 4.90 Å². The minimum atomic E-state index is -0.0215. The topological polar surface area (TPSA) is 51.9 Å². The van der Waals surface area contributed by atoms with Gasteiger partial charge in [-0.2, -0.15) is 5.26 Å². The third kappa shape index (κ3) is 4.00. The van der Waals surface area contributed by atoms with Crippen LogP contribution in [0.5, 0.6) is 0 Å². The summed E-state index contributed by atoms with van der Waals surface area (Å²) in [7, 11) is 0. The van der Waals surface area contributed by atoms with Crippen LogP contribution in [-0.2, 0) is 4.74 Å². The van der Waals surface area contributed by atoms with Crippen LogP contribution in [0.3, 0.4) is 0 Å². The predicted molar refractivity (Wildman–Crippen MR) is 132 cm³/mol. The van der Waals surface area contributed by atoms with E-state index >= 15 is 0 Å². The van der Waals surface area contributed by atoms with E-state index in [4.69, 9.17) is 21.9 Å². The number of amidine groups is 1. The van der Waals surface area contributed by atoms with Gasteiger partial charge in [0, 0.05) is 24.2 Å². The fraction of sp³-hybridized carbons (Fsp3) is 0.654. The molecule has 5 rings (SSSR count). The molecule has 2 heterocycles. The lowest BCUT2D eigenvalue weighted by Crippen LogP contribution is -2.54. The first-order valence-corrected chi connectivity index (χ1v) is 12.9. The number of benzene rings is 1. The summed E-state index contributed by atoms with van der Waals surface area (Å²) in [5, 5.41) is 9.29. The molecular weight excluding hydrogens is 416 g/mol. The Labute approximate surface area is 197 Å². The Morgan fingerprint density at radius 2 is 1.62 bits per heavy atom. The molecule has 4 fully saturated rings. The fourth-order valence-electron chi connectivity index (χ4n) is 6.29. The highest BCUT2D eigenvalue weighted by atomic mass is 32.1. The van der Waals surface area contributed by atoms with E-state index < -0.39 is 0 Å². The number of ether oxygens (including phenoxy) is 1. The summed E-state index contributed by atoms with van der Waals surface area (Å²) in [6.45, 7) is 3.46. The van der Waals surface area contributed by atoms with Crippen molar-refractivity contribution in [3.05, 3.63) is 29.8 Å². The van der Waals surface area contributed by atoms with E-state index in [1.807, 2.05) is 12.1 Å². The van der Waals surface area contributed by atoms with E-state index in [-0.39, 0.29) is 11.5 Å². The van der Waals surface area contributed by atoms with Crippen molar-refractivity contribution in [1.29, 1.82) is 5.26 Å². The van der Waals surface area contributed by atoms with E-state index in [9.17, 15) is 5.26 Å². The molecule has 32 heavy (non-hydrogen) atoms. The normalized spacial score (nSPS) is 28.3. The molecule has 0 bridgehead atoms. The number of nitriles is 1. The lowest BCUT2D eigenvalue weighted by atomic mass is 9.70. The summed E-state index contributed by atoms with van der Waals surface area (Å²) in [6, 6.07) is 10.8. The maximum atomic E-state index is 9.29. The number of hydrogen-bond acceptors (Lipinski definition) is 5. The maximum Gasteiger partial charge on any atom is 0.127 e. The average molecular weight is 451 g/mol. The highest BCUT2D eigenvalue weighted by Crippen LogP contribution is 2.50. The molecular formula is C26H34N4OS. The van der Waals surface area contributed by atoms with Gasteiger partial charge in [0.25, 0.3) is 0 Å². The fourth-order valence-corrected chi connectivity index (χ4v) is 6.81. The van der Waals surface area contributed by atoms with Gasteiger partial charge in [0.2, 0.25) is 0 Å². The molecule has 1 spiro atoms. The second-order valence-corrected chi connectivity index (χ2v) is 10.2. The molecule has 4 aliphatic rings. The molecule has 2 saturated heterocycles. The Morgan fingerprint density at radius 1 is 0.969 bits per heavy atom. The molecule has 1 aromatic rings. The van der Waals surface area contributed by atoms with Crippen LogP contribution in [0.15, 0.2) is 29.3 Å². The van der Waals surface area contributed by atoms with Crippen molar-refractivity contribution < 1.29 is 4.74 Å². The number of nitrogens with zero attached hydrogens (tertiary/aromatic N) is 4. The molecule has 1 unspecified atom stereocenters. The largest absolute Gasteiger partial charge is 0.379 e. The van der Waals surface area contributed by atoms with Gasteiger partial charge in [-0.1, -0.05) is 50.7 Å². The number of aliphatic imine (C=N–C) groups is 1. The van der Waals surface area contributed by atoms with E-state index in [0.717, 1.165) is 55.7 Å². The first-order valence-electron chi connectivity index (χ1n) is 12.5. The summed E-state index contributed by atoms with van der Waals surface area (Å²) >= 11 is 6.33. The maximum absolute atomic E-state index is 9.29. The van der Waals surface area contributed by atoms with Gasteiger partial charge in [0.15, 0.2) is 0 Å². The first kappa shape index (κ1) is 22.0. The van der Waals surface area contributed by atoms with E-state index in [2.05, 4.69) is 28.0 Å². The smallest absolute Gasteiger partial charge is 0.127 e. The van der Waals surface area contributed by atoms with Gasteiger partial charge in [-0.05, 0) is 49.9 Å². The summed E-state index contributed by atoms with van der Waals surface area (Å²) in [6.07, 6.45) is 12.3. The van der Waals surface area contributed by atoms with Crippen LogP contribution in [-0.4, -0.2) is 54.1 Å². The van der Waals surface area contributed by atoms with Crippen LogP contribution in [0, 0.1) is 16.7 Å². The molecule has 2 aliphatic carbocycles. The molecule has 6 heteroatoms. The molecule has 0 aromatic heterocycles. The Morgan fingerprint density at radius 3 is 2.28 bits per heavy atom. The Kier molecular flexibility index (Phi) is 6.59. The Bertz CT molecular complexity index is 887. The number of morpholine rings is 1. The lowest BCUT2D eigenvalue weighted by Gasteiger charge is -2.44. The minimum Gasteiger partial charge on any atom is -0.379 e. The summed E-state index contributed by atoms with van der Waals surface area (Å²) in [4.78, 5) is 11.5. The zero-order valence-corrected chi connectivity index (χ0v) is 19.8. The molecule has 1 aromatic carbocycles. The van der Waals surface area contributed by atoms with E-state index in [1.165, 1.54) is 51.4 Å². The number of hydrogen-bond donors (Lipinski definition) is 0. The van der Waals surface area contributed by atoms with Crippen LogP contribution >= 0.6 is 12.2 Å². The van der Waals surface area contributed by atoms with Gasteiger partial charge < -0.3 is 4.74 Å². The molecule has 0 amide bonds. The quantitative estimate of drug-likeness (QED) is 0.601. The van der Waals surface area contributed by atoms with Crippen molar-refractivity contribution in [2.45, 2.75) is 76.3 Å². The number of thiocarbonyl (C=S) groups is 1. The molecule has 2 aliphatic heterocycles. The van der Waals surface area contributed by atoms with Gasteiger partial charge in [-0.15, -0.1) is 0 Å². The van der Waals surface area contributed by atoms with Crippen molar-refractivity contribution in [2.24, 2.45) is 10.4 Å². The third-order valence-corrected chi connectivity index (χ3v) is 8.52. The lowest BCUT2D eigenvalue weighted by molar-refractivity contribution is 0.00761. The molecule has 0 N–H and O–H groups in total. The third-order valence-electron chi connectivity index (χ3n) is 7.93. The van der Waals surface area contributed by atoms with Gasteiger partial charge in [-0.25, -0.2) is 0 Å². The summed E-state index contributed by atoms with van der Waals surface area (Å²) in [5.41, 5.74) is 1.72. The standard InChI is InChI=1S/C26H34N4OS/c27-19-20-9-11-22(12-10-20)30-24(28-21-7-3-1-4-8-21)23(29-15-17-31-18-16-29)26(25(30)32)13-5-2-6-14-26/h9-12,21,23H,1-8,13-18H2. The van der Waals surface area contributed by atoms with Gasteiger partial charge >= 0.3 is 0 Å². The second kappa shape index (κ2) is 9.59. The monoisotopic (exact) mass is 450 g/mol. The molecule has 170 valence electrons. The second-order valence-electron chi connectivity index (χ2n) is 9.85. The zero-order valence-electron chi connectivity index (χ0n) is 19.0. The molecule has 2 saturated carbocycles. The Hall–Kier alpha value is -1.81. The summed E-state index contributed by atoms with van der Waals surface area (Å²) in [5.74, 6) is 1.16. The van der Waals surface area contributed by atoms with Crippen molar-refractivity contribution >= 4 is 28.7 Å². The van der Waals surface area contributed by atoms with Crippen LogP contribution in [0.4, 0.5) is 5.69 Å². The van der Waals surface area contributed by atoms with Crippen LogP contribution in [0.2, 0.25) is 0 Å². The molecule has 5 nitrogen and oxygen atoms in total. The first-order chi connectivity index (χ1) is 15.7. The Balaban J connectivity index is 1.61. The van der Waals surface area contributed by atoms with E-state index in [0.29, 0.717) is 11.6 Å². The van der Waals surface area contributed by atoms with Gasteiger partial charge in [0.05, 0.1) is 41.9 Å². The average Bonchev–Trinajstić information content (AvgIpc) is 3.07. The van der Waals surface area contributed by atoms with Gasteiger partial charge in [0.1, 0.15) is 5.84 Å². The highest BCUT2D eigenvalue weighted by Gasteiger charge is 2.57. The van der Waals surface area contributed by atoms with Crippen LogP contribution in [0.1, 0.15) is 69.8 Å². The highest BCUT2D eigenvalue weighted by molar-refractivity contribution is 7.80. The number of anilines is 1. The van der Waals surface area contributed by atoms with Crippen LogP contribution in [0.25, 0.3) is 0 Å². The molecule has 1 atom stereocenters. The predicted octanol–water partition coefficient (Wildman–Crippen LogP) is 5.09. The van der Waals surface area contributed by atoms with E-state index in [1.54, 1.807) is 0 Å². The van der Waals surface area contributed by atoms with Crippen molar-refractivity contribution in [2.75, 3.05) is 31.2 Å². The van der Waals surface area contributed by atoms with Crippen LogP contribution < -0.4 is 4.90 Å².